The molecule has 3 heterocycles. The van der Waals surface area contributed by atoms with Crippen LogP contribution in [0.5, 0.6) is 0 Å². The van der Waals surface area contributed by atoms with Gasteiger partial charge in [-0.3, -0.25) is 0 Å². The lowest BCUT2D eigenvalue weighted by molar-refractivity contribution is 0.157. The largest absolute Gasteiger partial charge is 0.354 e. The fourth-order valence-corrected chi connectivity index (χ4v) is 5.29. The van der Waals surface area contributed by atoms with Gasteiger partial charge in [0.15, 0.2) is 0 Å². The Hall–Kier alpha value is -1.82. The molecule has 0 radical (unpaired) electrons. The van der Waals surface area contributed by atoms with Crippen molar-refractivity contribution >= 4 is 11.8 Å². The molecule has 3 aliphatic rings. The topological polar surface area (TPSA) is 51.7 Å². The molecule has 1 aromatic rings. The first kappa shape index (κ1) is 20.5. The lowest BCUT2D eigenvalue weighted by Crippen LogP contribution is -2.44. The molecule has 1 aromatic heterocycles. The van der Waals surface area contributed by atoms with Crippen molar-refractivity contribution in [2.45, 2.75) is 57.9 Å². The number of piperazine rings is 1. The van der Waals surface area contributed by atoms with Crippen LogP contribution in [0.25, 0.3) is 0 Å². The highest BCUT2D eigenvalue weighted by atomic mass is 16.2. The second kappa shape index (κ2) is 9.33. The molecule has 1 aliphatic carbocycles. The standard InChI is InChI=1S/C23H37N5O/c1-26-14-16-27(17-15-26)21-7-6-20(18-24-21)19-25-22(29)28-12-5-10-23(11-13-28)8-3-2-4-9-23/h6-7,18H,2-5,8-17,19H2,1H3,(H,25,29). The molecule has 2 saturated heterocycles. The van der Waals surface area contributed by atoms with Crippen molar-refractivity contribution in [3.05, 3.63) is 23.9 Å². The third-order valence-corrected chi connectivity index (χ3v) is 7.33. The van der Waals surface area contributed by atoms with E-state index < -0.39 is 0 Å². The van der Waals surface area contributed by atoms with Crippen LogP contribution >= 0.6 is 0 Å². The Morgan fingerprint density at radius 1 is 0.966 bits per heavy atom. The molecular weight excluding hydrogens is 362 g/mol. The van der Waals surface area contributed by atoms with Gasteiger partial charge < -0.3 is 20.0 Å². The van der Waals surface area contributed by atoms with E-state index >= 15 is 0 Å². The van der Waals surface area contributed by atoms with Gasteiger partial charge in [-0.25, -0.2) is 9.78 Å². The summed E-state index contributed by atoms with van der Waals surface area (Å²) in [6.45, 7) is 6.57. The first-order chi connectivity index (χ1) is 14.1. The zero-order valence-corrected chi connectivity index (χ0v) is 18.0. The number of hydrogen-bond donors (Lipinski definition) is 1. The molecule has 6 heteroatoms. The summed E-state index contributed by atoms with van der Waals surface area (Å²) in [4.78, 5) is 24.1. The number of pyridine rings is 1. The maximum Gasteiger partial charge on any atom is 0.317 e. The molecule has 1 N–H and O–H groups in total. The molecule has 0 unspecified atom stereocenters. The van der Waals surface area contributed by atoms with Crippen LogP contribution < -0.4 is 10.2 Å². The van der Waals surface area contributed by atoms with Gasteiger partial charge in [0.25, 0.3) is 0 Å². The first-order valence-corrected chi connectivity index (χ1v) is 11.5. The Kier molecular flexibility index (Phi) is 6.58. The number of rotatable bonds is 3. The lowest BCUT2D eigenvalue weighted by atomic mass is 9.69. The van der Waals surface area contributed by atoms with Crippen molar-refractivity contribution in [3.63, 3.8) is 0 Å². The molecular formula is C23H37N5O. The average Bonchev–Trinajstić information content (AvgIpc) is 2.96. The number of anilines is 1. The second-order valence-corrected chi connectivity index (χ2v) is 9.37. The van der Waals surface area contributed by atoms with E-state index in [1.54, 1.807) is 0 Å². The molecule has 1 spiro atoms. The quantitative estimate of drug-likeness (QED) is 0.845. The summed E-state index contributed by atoms with van der Waals surface area (Å²) in [6.07, 6.45) is 12.4. The normalized spacial score (nSPS) is 23.1. The number of aromatic nitrogens is 1. The maximum atomic E-state index is 12.7. The molecule has 2 amide bonds. The van der Waals surface area contributed by atoms with Crippen molar-refractivity contribution in [2.24, 2.45) is 5.41 Å². The zero-order chi connectivity index (χ0) is 20.1. The Morgan fingerprint density at radius 2 is 1.72 bits per heavy atom. The van der Waals surface area contributed by atoms with Crippen molar-refractivity contribution in [2.75, 3.05) is 51.2 Å². The van der Waals surface area contributed by atoms with Crippen molar-refractivity contribution < 1.29 is 4.79 Å². The molecule has 0 atom stereocenters. The minimum atomic E-state index is 0.0843. The molecule has 0 bridgehead atoms. The van der Waals surface area contributed by atoms with E-state index in [2.05, 4.69) is 39.3 Å². The Morgan fingerprint density at radius 3 is 2.45 bits per heavy atom. The van der Waals surface area contributed by atoms with Gasteiger partial charge in [0.2, 0.25) is 0 Å². The van der Waals surface area contributed by atoms with E-state index in [0.717, 1.165) is 57.1 Å². The smallest absolute Gasteiger partial charge is 0.317 e. The number of nitrogens with one attached hydrogen (secondary N) is 1. The number of likely N-dealkylation sites (tertiary alicyclic amines) is 1. The van der Waals surface area contributed by atoms with Gasteiger partial charge in [-0.1, -0.05) is 25.3 Å². The van der Waals surface area contributed by atoms with E-state index in [-0.39, 0.29) is 6.03 Å². The van der Waals surface area contributed by atoms with Crippen LogP contribution in [0.15, 0.2) is 18.3 Å². The van der Waals surface area contributed by atoms with Crippen LogP contribution in [0.1, 0.15) is 56.9 Å². The average molecular weight is 400 g/mol. The molecule has 3 fully saturated rings. The summed E-state index contributed by atoms with van der Waals surface area (Å²) in [6, 6.07) is 4.27. The predicted molar refractivity (Wildman–Crippen MR) is 117 cm³/mol. The number of carbonyl (C=O) groups is 1. The summed E-state index contributed by atoms with van der Waals surface area (Å²) >= 11 is 0. The van der Waals surface area contributed by atoms with Gasteiger partial charge in [-0.2, -0.15) is 0 Å². The molecule has 4 rings (SSSR count). The summed E-state index contributed by atoms with van der Waals surface area (Å²) in [5.41, 5.74) is 1.59. The van der Waals surface area contributed by atoms with E-state index in [0.29, 0.717) is 12.0 Å². The van der Waals surface area contributed by atoms with Gasteiger partial charge in [-0.05, 0) is 56.2 Å². The summed E-state index contributed by atoms with van der Waals surface area (Å²) in [5.74, 6) is 1.04. The SMILES string of the molecule is CN1CCN(c2ccc(CNC(=O)N3CCCC4(CCCCC4)CC3)cn2)CC1. The monoisotopic (exact) mass is 399 g/mol. The molecule has 1 saturated carbocycles. The number of likely N-dealkylation sites (N-methyl/N-ethyl adjacent to an activating group) is 1. The van der Waals surface area contributed by atoms with Gasteiger partial charge in [0.05, 0.1) is 0 Å². The van der Waals surface area contributed by atoms with Gasteiger partial charge in [0.1, 0.15) is 5.82 Å². The summed E-state index contributed by atoms with van der Waals surface area (Å²) in [5, 5.41) is 3.12. The Labute approximate surface area is 175 Å². The highest BCUT2D eigenvalue weighted by molar-refractivity contribution is 5.74. The van der Waals surface area contributed by atoms with Crippen molar-refractivity contribution in [1.29, 1.82) is 0 Å². The fraction of sp³-hybridized carbons (Fsp3) is 0.739. The van der Waals surface area contributed by atoms with Crippen LogP contribution in [0, 0.1) is 5.41 Å². The third-order valence-electron chi connectivity index (χ3n) is 7.33. The predicted octanol–water partition coefficient (Wildman–Crippen LogP) is 3.48. The number of carbonyl (C=O) groups excluding carboxylic acids is 1. The summed E-state index contributed by atoms with van der Waals surface area (Å²) in [7, 11) is 2.16. The fourth-order valence-electron chi connectivity index (χ4n) is 5.29. The van der Waals surface area contributed by atoms with E-state index in [4.69, 9.17) is 0 Å². The van der Waals surface area contributed by atoms with E-state index in [9.17, 15) is 4.79 Å². The van der Waals surface area contributed by atoms with Crippen LogP contribution in [0.3, 0.4) is 0 Å². The molecule has 29 heavy (non-hydrogen) atoms. The number of urea groups is 1. The van der Waals surface area contributed by atoms with E-state index in [1.807, 2.05) is 11.1 Å². The second-order valence-electron chi connectivity index (χ2n) is 9.37. The van der Waals surface area contributed by atoms with Gasteiger partial charge >= 0.3 is 6.03 Å². The van der Waals surface area contributed by atoms with Crippen LogP contribution in [-0.2, 0) is 6.54 Å². The molecule has 160 valence electrons. The number of hydrogen-bond acceptors (Lipinski definition) is 4. The minimum Gasteiger partial charge on any atom is -0.354 e. The first-order valence-electron chi connectivity index (χ1n) is 11.5. The van der Waals surface area contributed by atoms with Crippen molar-refractivity contribution in [3.8, 4) is 0 Å². The Bertz CT molecular complexity index is 662. The molecule has 0 aromatic carbocycles. The van der Waals surface area contributed by atoms with Crippen LogP contribution in [-0.4, -0.2) is 67.1 Å². The third kappa shape index (κ3) is 5.21. The van der Waals surface area contributed by atoms with Crippen LogP contribution in [0.2, 0.25) is 0 Å². The van der Waals surface area contributed by atoms with E-state index in [1.165, 1.54) is 44.9 Å². The minimum absolute atomic E-state index is 0.0843. The Balaban J connectivity index is 1.25. The highest BCUT2D eigenvalue weighted by Crippen LogP contribution is 2.44. The molecule has 2 aliphatic heterocycles. The van der Waals surface area contributed by atoms with Crippen molar-refractivity contribution in [1.82, 2.24) is 20.1 Å². The zero-order valence-electron chi connectivity index (χ0n) is 18.0. The summed E-state index contributed by atoms with van der Waals surface area (Å²) < 4.78 is 0. The number of amides is 2. The van der Waals surface area contributed by atoms with Crippen LogP contribution in [0.4, 0.5) is 10.6 Å². The van der Waals surface area contributed by atoms with Gasteiger partial charge in [0, 0.05) is 52.0 Å². The van der Waals surface area contributed by atoms with Gasteiger partial charge in [-0.15, -0.1) is 0 Å². The number of nitrogens with zero attached hydrogens (tertiary/aromatic N) is 4. The molecule has 6 nitrogen and oxygen atoms in total. The highest BCUT2D eigenvalue weighted by Gasteiger charge is 2.34. The lowest BCUT2D eigenvalue weighted by Gasteiger charge is -2.36. The maximum absolute atomic E-state index is 12.7.